The highest BCUT2D eigenvalue weighted by Gasteiger charge is 2.23. The molecule has 0 aliphatic carbocycles. The number of halogens is 3. The van der Waals surface area contributed by atoms with Crippen molar-refractivity contribution in [3.63, 3.8) is 0 Å². The fourth-order valence-electron chi connectivity index (χ4n) is 17.8. The maximum atomic E-state index is 9.44. The van der Waals surface area contributed by atoms with Crippen molar-refractivity contribution in [2.24, 2.45) is 0 Å². The van der Waals surface area contributed by atoms with Gasteiger partial charge in [-0.15, -0.1) is 0 Å². The molecule has 673 valence electrons. The van der Waals surface area contributed by atoms with E-state index in [4.69, 9.17) is 54.7 Å². The SMILES string of the molecule is C.Clc1nc(-c2ccc(-c3ccccc3)cc2)nc(-c2cccc3c(-c4ccccc4)cccc23)n1.Clc1nc(Cl)nc(-c2ccc(-c3ccccc3)cc2)n1.OB(O)c1cc2ccccc2c2ccccc12.OB(O)c1cccc2c(-c3ccccc3)cccc12.[B].c1ccc(-c2ccc(-c3nc(-c4cccc5c(-c6ccccc6)cccc45)nc(-c4cc5ccccc5c5ccccc45)n3)cc2)cc1. The van der Waals surface area contributed by atoms with Gasteiger partial charge in [-0.3, -0.25) is 0 Å². The lowest BCUT2D eigenvalue weighted by Gasteiger charge is -2.14. The van der Waals surface area contributed by atoms with Crippen LogP contribution in [-0.2, 0) is 0 Å². The van der Waals surface area contributed by atoms with Gasteiger partial charge in [-0.2, -0.15) is 24.9 Å². The zero-order chi connectivity index (χ0) is 94.5. The van der Waals surface area contributed by atoms with Crippen LogP contribution in [0.4, 0.5) is 0 Å². The minimum Gasteiger partial charge on any atom is -0.423 e. The predicted molar refractivity (Wildman–Crippen MR) is 587 cm³/mol. The van der Waals surface area contributed by atoms with Gasteiger partial charge < -0.3 is 20.1 Å². The monoisotopic (exact) mass is 1880 g/mol. The van der Waals surface area contributed by atoms with Crippen LogP contribution in [0.15, 0.2) is 473 Å². The van der Waals surface area contributed by atoms with Gasteiger partial charge in [-0.25, -0.2) is 19.9 Å². The van der Waals surface area contributed by atoms with Crippen molar-refractivity contribution in [1.29, 1.82) is 0 Å². The van der Waals surface area contributed by atoms with Crippen molar-refractivity contribution in [3.05, 3.63) is 489 Å². The lowest BCUT2D eigenvalue weighted by Crippen LogP contribution is -2.30. The Balaban J connectivity index is 0.000000124. The maximum absolute atomic E-state index is 9.44. The highest BCUT2D eigenvalue weighted by Crippen LogP contribution is 2.41. The Morgan fingerprint density at radius 2 is 0.376 bits per heavy atom. The van der Waals surface area contributed by atoms with E-state index in [0.29, 0.717) is 45.9 Å². The molecule has 3 heterocycles. The number of nitrogens with zero attached hydrogens (tertiary/aromatic N) is 9. The van der Waals surface area contributed by atoms with Crippen molar-refractivity contribution in [2.75, 3.05) is 0 Å². The highest BCUT2D eigenvalue weighted by molar-refractivity contribution is 6.63. The van der Waals surface area contributed by atoms with E-state index >= 15 is 0 Å². The van der Waals surface area contributed by atoms with E-state index in [-0.39, 0.29) is 31.7 Å². The van der Waals surface area contributed by atoms with Gasteiger partial charge in [-0.1, -0.05) is 475 Å². The van der Waals surface area contributed by atoms with Crippen molar-refractivity contribution in [2.45, 2.75) is 7.43 Å². The predicted octanol–water partition coefficient (Wildman–Crippen LogP) is 28.6. The number of fused-ring (bicyclic) bond motifs is 9. The lowest BCUT2D eigenvalue weighted by atomic mass is 9.76. The molecule has 24 rings (SSSR count). The molecule has 0 saturated heterocycles. The first-order chi connectivity index (χ1) is 68.3. The van der Waals surface area contributed by atoms with E-state index in [1.165, 1.54) is 44.2 Å². The van der Waals surface area contributed by atoms with Crippen LogP contribution in [0, 0.1) is 0 Å². The molecule has 0 aliphatic heterocycles. The largest absolute Gasteiger partial charge is 0.489 e. The minimum absolute atomic E-state index is 0. The van der Waals surface area contributed by atoms with E-state index < -0.39 is 14.2 Å². The second-order valence-electron chi connectivity index (χ2n) is 33.0. The van der Waals surface area contributed by atoms with Crippen LogP contribution in [-0.4, -0.2) is 87.6 Å². The number of hydrogen-bond acceptors (Lipinski definition) is 13. The van der Waals surface area contributed by atoms with Gasteiger partial charge in [0.25, 0.3) is 0 Å². The second-order valence-corrected chi connectivity index (χ2v) is 34.0. The van der Waals surface area contributed by atoms with Crippen LogP contribution in [0.5, 0.6) is 0 Å². The van der Waals surface area contributed by atoms with Crippen LogP contribution in [0.25, 0.3) is 210 Å². The van der Waals surface area contributed by atoms with Gasteiger partial charge in [0.2, 0.25) is 15.9 Å². The summed E-state index contributed by atoms with van der Waals surface area (Å²) in [6.45, 7) is 0. The van der Waals surface area contributed by atoms with Crippen LogP contribution >= 0.6 is 34.8 Å². The molecule has 0 unspecified atom stereocenters. The van der Waals surface area contributed by atoms with Gasteiger partial charge in [0.15, 0.2) is 34.9 Å². The Hall–Kier alpha value is -16.6. The van der Waals surface area contributed by atoms with Crippen LogP contribution in [0.3, 0.4) is 0 Å². The van der Waals surface area contributed by atoms with Gasteiger partial charge in [0, 0.05) is 41.8 Å². The molecule has 0 atom stereocenters. The van der Waals surface area contributed by atoms with Crippen molar-refractivity contribution < 1.29 is 20.1 Å². The van der Waals surface area contributed by atoms with Crippen LogP contribution < -0.4 is 10.9 Å². The van der Waals surface area contributed by atoms with E-state index in [1.54, 1.807) is 6.07 Å². The molecule has 0 saturated carbocycles. The summed E-state index contributed by atoms with van der Waals surface area (Å²) in [5.41, 5.74) is 20.5. The Kier molecular flexibility index (Phi) is 29.4. The number of rotatable bonds is 14. The van der Waals surface area contributed by atoms with Crippen LogP contribution in [0.1, 0.15) is 7.43 Å². The fourth-order valence-corrected chi connectivity index (χ4v) is 18.4. The van der Waals surface area contributed by atoms with E-state index in [2.05, 4.69) is 292 Å². The molecule has 3 radical (unpaired) electrons. The average molecular weight is 1880 g/mol. The zero-order valence-electron chi connectivity index (χ0n) is 75.2. The Labute approximate surface area is 834 Å². The molecule has 21 aromatic carbocycles. The third-order valence-electron chi connectivity index (χ3n) is 24.5. The van der Waals surface area contributed by atoms with Crippen molar-refractivity contribution in [1.82, 2.24) is 44.9 Å². The maximum Gasteiger partial charge on any atom is 0.489 e. The fraction of sp³-hybridized carbons (Fsp3) is 0.00820. The van der Waals surface area contributed by atoms with Gasteiger partial charge in [-0.05, 0) is 194 Å². The van der Waals surface area contributed by atoms with E-state index in [0.717, 1.165) is 131 Å². The minimum atomic E-state index is -1.45. The molecule has 0 fully saturated rings. The van der Waals surface area contributed by atoms with Gasteiger partial charge in [0.05, 0.1) is 0 Å². The molecule has 24 aromatic rings. The smallest absolute Gasteiger partial charge is 0.423 e. The second kappa shape index (κ2) is 43.8. The third-order valence-corrected chi connectivity index (χ3v) is 25.0. The van der Waals surface area contributed by atoms with Gasteiger partial charge in [0.1, 0.15) is 0 Å². The molecular weight excluding hydrogens is 1790 g/mol. The summed E-state index contributed by atoms with van der Waals surface area (Å²) in [6.07, 6.45) is 0. The first-order valence-corrected chi connectivity index (χ1v) is 46.4. The lowest BCUT2D eigenvalue weighted by molar-refractivity contribution is 0.425. The number of benzene rings is 21. The molecule has 13 nitrogen and oxygen atoms in total. The first-order valence-electron chi connectivity index (χ1n) is 45.3. The Morgan fingerprint density at radius 1 is 0.156 bits per heavy atom. The average Bonchev–Trinajstić information content (AvgIpc) is 0.753. The summed E-state index contributed by atoms with van der Waals surface area (Å²) in [4.78, 5) is 41.2. The van der Waals surface area contributed by atoms with Gasteiger partial charge >= 0.3 is 14.2 Å². The molecule has 141 heavy (non-hydrogen) atoms. The molecule has 0 amide bonds. The molecular formula is C122H86B3Cl3N9O4. The first kappa shape index (κ1) is 94.7. The summed E-state index contributed by atoms with van der Waals surface area (Å²) in [6, 6.07) is 160. The standard InChI is InChI=1S/C45H29N3.C31H20ClN3.C16H13BO2.C15H9Cl2N3.C14H11BO2.CH4.B/c1-3-13-30(14-4-1)31-25-27-33(28-26-31)43-46-44(41-24-12-22-38-35(21-11-23-39(38)41)32-15-5-2-6-16-32)48-45(47-43)42-29-34-17-7-8-18-36(34)37-19-9-10-20-40(37)42;32-31-34-29(24-19-17-22(18-20-24)21-9-3-1-4-10-21)33-30(35-31)28-16-8-14-26-25(13-7-15-27(26)28)23-11-5-2-6-12-23;18-17(19)16-11-5-9-14-13(8-4-10-15(14)16)12-6-2-1-3-7-12;16-14-18-13(19-15(17)20-14)12-8-6-11(7-9-12)10-4-2-1-3-5-10;16-15(17)14-9-10-5-1-2-6-11(10)12-7-3-4-8-13(12)14;;/h1-29H;1-20H;1-11,18-19H;1-9H;1-9,16-17H;1H4;. The summed E-state index contributed by atoms with van der Waals surface area (Å²) in [5.74, 6) is 3.52. The third kappa shape index (κ3) is 21.1. The van der Waals surface area contributed by atoms with Crippen LogP contribution in [0.2, 0.25) is 15.9 Å². The normalized spacial score (nSPS) is 10.8. The molecule has 0 spiro atoms. The Bertz CT molecular complexity index is 8520. The number of hydrogen-bond donors (Lipinski definition) is 4. The summed E-state index contributed by atoms with van der Waals surface area (Å²) in [7, 11) is -2.89. The van der Waals surface area contributed by atoms with E-state index in [1.807, 2.05) is 200 Å². The van der Waals surface area contributed by atoms with E-state index in [9.17, 15) is 20.1 Å². The summed E-state index contributed by atoms with van der Waals surface area (Å²) >= 11 is 18.0. The molecule has 3 aromatic heterocycles. The summed E-state index contributed by atoms with van der Waals surface area (Å²) < 4.78 is 0. The molecule has 19 heteroatoms. The molecule has 0 aliphatic rings. The molecule has 0 bridgehead atoms. The topological polar surface area (TPSA) is 197 Å². The molecule has 4 N–H and O–H groups in total. The number of aromatic nitrogens is 9. The Morgan fingerprint density at radius 3 is 0.766 bits per heavy atom. The van der Waals surface area contributed by atoms with Crippen molar-refractivity contribution in [3.8, 4) is 135 Å². The zero-order valence-corrected chi connectivity index (χ0v) is 77.5. The highest BCUT2D eigenvalue weighted by atomic mass is 35.5. The summed E-state index contributed by atoms with van der Waals surface area (Å²) in [5, 5.41) is 53.2. The van der Waals surface area contributed by atoms with Crippen molar-refractivity contribution >= 4 is 144 Å². The quantitative estimate of drug-likeness (QED) is 0.0593.